The van der Waals surface area contributed by atoms with Gasteiger partial charge >= 0.3 is 0 Å². The molecule has 0 fully saturated rings. The van der Waals surface area contributed by atoms with Gasteiger partial charge in [-0.1, -0.05) is 0 Å². The second kappa shape index (κ2) is 4.64. The van der Waals surface area contributed by atoms with E-state index in [1.165, 1.54) is 15.9 Å². The molecule has 0 aromatic carbocycles. The predicted octanol–water partition coefficient (Wildman–Crippen LogP) is 2.82. The van der Waals surface area contributed by atoms with Crippen LogP contribution >= 0.6 is 22.0 Å². The molecule has 0 atom stereocenters. The van der Waals surface area contributed by atoms with Crippen LogP contribution < -0.4 is 0 Å². The standard InChI is InChI=1S/C10H12ClN3O2S2/c1-6(2)14-9(8-5-17-4-7(8)3)12-13-10(14)18(11,15)16/h4-6H,1-3H3. The van der Waals surface area contributed by atoms with Crippen LogP contribution in [0.25, 0.3) is 11.4 Å². The average molecular weight is 306 g/mol. The Bertz CT molecular complexity index is 673. The van der Waals surface area contributed by atoms with Crippen LogP contribution in [0.15, 0.2) is 15.9 Å². The summed E-state index contributed by atoms with van der Waals surface area (Å²) in [5, 5.41) is 11.4. The van der Waals surface area contributed by atoms with Crippen molar-refractivity contribution in [1.29, 1.82) is 0 Å². The van der Waals surface area contributed by atoms with Gasteiger partial charge in [-0.2, -0.15) is 11.3 Å². The summed E-state index contributed by atoms with van der Waals surface area (Å²) in [6.45, 7) is 5.67. The highest BCUT2D eigenvalue weighted by molar-refractivity contribution is 8.13. The molecule has 0 unspecified atom stereocenters. The highest BCUT2D eigenvalue weighted by Crippen LogP contribution is 2.30. The Labute approximate surface area is 114 Å². The Morgan fingerprint density at radius 3 is 2.44 bits per heavy atom. The summed E-state index contributed by atoms with van der Waals surface area (Å²) >= 11 is 1.53. The maximum atomic E-state index is 11.5. The fraction of sp³-hybridized carbons (Fsp3) is 0.400. The number of aromatic nitrogens is 3. The molecule has 2 heterocycles. The second-order valence-corrected chi connectivity index (χ2v) is 7.38. The summed E-state index contributed by atoms with van der Waals surface area (Å²) in [5.74, 6) is 0.531. The Morgan fingerprint density at radius 2 is 2.00 bits per heavy atom. The van der Waals surface area contributed by atoms with Crippen molar-refractivity contribution in [2.75, 3.05) is 0 Å². The molecule has 5 nitrogen and oxygen atoms in total. The van der Waals surface area contributed by atoms with Crippen molar-refractivity contribution < 1.29 is 8.42 Å². The number of halogens is 1. The van der Waals surface area contributed by atoms with Gasteiger partial charge in [-0.3, -0.25) is 4.57 Å². The molecule has 0 saturated carbocycles. The highest BCUT2D eigenvalue weighted by Gasteiger charge is 2.25. The van der Waals surface area contributed by atoms with Crippen molar-refractivity contribution in [3.8, 4) is 11.4 Å². The third-order valence-electron chi connectivity index (χ3n) is 2.50. The van der Waals surface area contributed by atoms with Gasteiger partial charge in [0.1, 0.15) is 0 Å². The van der Waals surface area contributed by atoms with Crippen LogP contribution in [-0.2, 0) is 9.05 Å². The summed E-state index contributed by atoms with van der Waals surface area (Å²) in [6.07, 6.45) is 0. The van der Waals surface area contributed by atoms with E-state index in [2.05, 4.69) is 10.2 Å². The third kappa shape index (κ3) is 2.30. The lowest BCUT2D eigenvalue weighted by atomic mass is 10.2. The third-order valence-corrected chi connectivity index (χ3v) is 4.49. The van der Waals surface area contributed by atoms with Gasteiger partial charge in [0.2, 0.25) is 0 Å². The van der Waals surface area contributed by atoms with E-state index in [0.717, 1.165) is 11.1 Å². The zero-order chi connectivity index (χ0) is 13.5. The molecule has 0 aliphatic rings. The van der Waals surface area contributed by atoms with E-state index < -0.39 is 9.05 Å². The molecule has 0 aliphatic carbocycles. The summed E-state index contributed by atoms with van der Waals surface area (Å²) in [6, 6.07) is -0.0992. The predicted molar refractivity (Wildman–Crippen MR) is 71.5 cm³/mol. The quantitative estimate of drug-likeness (QED) is 0.818. The smallest absolute Gasteiger partial charge is 0.294 e. The minimum Gasteiger partial charge on any atom is -0.294 e. The van der Waals surface area contributed by atoms with Gasteiger partial charge in [-0.05, 0) is 31.7 Å². The van der Waals surface area contributed by atoms with Crippen LogP contribution in [0.2, 0.25) is 0 Å². The molecule has 2 aromatic rings. The van der Waals surface area contributed by atoms with Crippen molar-refractivity contribution in [3.05, 3.63) is 16.3 Å². The minimum absolute atomic E-state index is 0.0992. The molecule has 0 saturated heterocycles. The molecule has 98 valence electrons. The van der Waals surface area contributed by atoms with Gasteiger partial charge in [-0.25, -0.2) is 8.42 Å². The minimum atomic E-state index is -3.90. The number of aryl methyl sites for hydroxylation is 1. The topological polar surface area (TPSA) is 64.8 Å². The van der Waals surface area contributed by atoms with Gasteiger partial charge in [0.15, 0.2) is 5.82 Å². The molecule has 0 spiro atoms. The number of hydrogen-bond acceptors (Lipinski definition) is 5. The first kappa shape index (κ1) is 13.5. The first-order valence-electron chi connectivity index (χ1n) is 5.25. The first-order chi connectivity index (χ1) is 8.32. The SMILES string of the molecule is Cc1cscc1-c1nnc(S(=O)(=O)Cl)n1C(C)C. The fourth-order valence-corrected chi connectivity index (χ4v) is 3.49. The maximum absolute atomic E-state index is 11.5. The van der Waals surface area contributed by atoms with E-state index >= 15 is 0 Å². The summed E-state index contributed by atoms with van der Waals surface area (Å²) in [5.41, 5.74) is 1.92. The Morgan fingerprint density at radius 1 is 1.33 bits per heavy atom. The molecule has 8 heteroatoms. The highest BCUT2D eigenvalue weighted by atomic mass is 35.7. The molecule has 2 aromatic heterocycles. The van der Waals surface area contributed by atoms with Gasteiger partial charge in [0.05, 0.1) is 0 Å². The molecule has 2 rings (SSSR count). The maximum Gasteiger partial charge on any atom is 0.296 e. The monoisotopic (exact) mass is 305 g/mol. The van der Waals surface area contributed by atoms with Gasteiger partial charge in [0.25, 0.3) is 14.2 Å². The molecule has 0 amide bonds. The van der Waals surface area contributed by atoms with Crippen molar-refractivity contribution in [2.45, 2.75) is 32.0 Å². The molecular formula is C10H12ClN3O2S2. The summed E-state index contributed by atoms with van der Waals surface area (Å²) in [7, 11) is 1.48. The molecule has 18 heavy (non-hydrogen) atoms. The van der Waals surface area contributed by atoms with Crippen molar-refractivity contribution in [1.82, 2.24) is 14.8 Å². The van der Waals surface area contributed by atoms with E-state index in [4.69, 9.17) is 10.7 Å². The molecule has 0 aliphatic heterocycles. The normalized spacial score (nSPS) is 12.3. The van der Waals surface area contributed by atoms with E-state index in [1.54, 1.807) is 0 Å². The number of rotatable bonds is 3. The average Bonchev–Trinajstić information content (AvgIpc) is 2.80. The molecular weight excluding hydrogens is 294 g/mol. The first-order valence-corrected chi connectivity index (χ1v) is 8.50. The zero-order valence-corrected chi connectivity index (χ0v) is 12.5. The van der Waals surface area contributed by atoms with Crippen LogP contribution in [-0.4, -0.2) is 23.2 Å². The van der Waals surface area contributed by atoms with Crippen LogP contribution in [0.1, 0.15) is 25.5 Å². The second-order valence-electron chi connectivity index (χ2n) is 4.18. The van der Waals surface area contributed by atoms with E-state index in [-0.39, 0.29) is 11.2 Å². The van der Waals surface area contributed by atoms with Crippen LogP contribution in [0.3, 0.4) is 0 Å². The Kier molecular flexibility index (Phi) is 3.48. The fourth-order valence-electron chi connectivity index (χ4n) is 1.68. The molecule has 0 N–H and O–H groups in total. The molecule has 0 bridgehead atoms. The summed E-state index contributed by atoms with van der Waals surface area (Å²) < 4.78 is 24.5. The largest absolute Gasteiger partial charge is 0.296 e. The Balaban J connectivity index is 2.72. The van der Waals surface area contributed by atoms with Gasteiger partial charge < -0.3 is 0 Å². The number of hydrogen-bond donors (Lipinski definition) is 0. The van der Waals surface area contributed by atoms with Crippen molar-refractivity contribution >= 4 is 31.1 Å². The van der Waals surface area contributed by atoms with Crippen molar-refractivity contribution in [3.63, 3.8) is 0 Å². The van der Waals surface area contributed by atoms with Gasteiger partial charge in [-0.15, -0.1) is 10.2 Å². The lowest BCUT2D eigenvalue weighted by molar-refractivity contribution is 0.530. The zero-order valence-electron chi connectivity index (χ0n) is 10.1. The lowest BCUT2D eigenvalue weighted by Gasteiger charge is -2.12. The van der Waals surface area contributed by atoms with E-state index in [9.17, 15) is 8.42 Å². The van der Waals surface area contributed by atoms with Crippen molar-refractivity contribution in [2.24, 2.45) is 0 Å². The molecule has 0 radical (unpaired) electrons. The van der Waals surface area contributed by atoms with Crippen LogP contribution in [0.5, 0.6) is 0 Å². The van der Waals surface area contributed by atoms with Crippen LogP contribution in [0.4, 0.5) is 0 Å². The van der Waals surface area contributed by atoms with Crippen LogP contribution in [0, 0.1) is 6.92 Å². The Hall–Kier alpha value is -0.920. The van der Waals surface area contributed by atoms with E-state index in [1.807, 2.05) is 31.5 Å². The lowest BCUT2D eigenvalue weighted by Crippen LogP contribution is -2.10. The number of nitrogens with zero attached hydrogens (tertiary/aromatic N) is 3. The number of thiophene rings is 1. The van der Waals surface area contributed by atoms with Gasteiger partial charge in [0, 0.05) is 27.7 Å². The van der Waals surface area contributed by atoms with E-state index in [0.29, 0.717) is 5.82 Å². The summed E-state index contributed by atoms with van der Waals surface area (Å²) in [4.78, 5) is 0.